The van der Waals surface area contributed by atoms with Gasteiger partial charge in [-0.05, 0) is 48.9 Å². The minimum atomic E-state index is -0.867. The van der Waals surface area contributed by atoms with Gasteiger partial charge >= 0.3 is 6.09 Å². The number of halogens is 1. The lowest BCUT2D eigenvalue weighted by Gasteiger charge is -2.27. The number of unbranched alkanes of at least 4 members (excludes halogenated alkanes) is 1. The van der Waals surface area contributed by atoms with Crippen LogP contribution in [0.15, 0.2) is 54.6 Å². The predicted molar refractivity (Wildman–Crippen MR) is 92.3 cm³/mol. The predicted octanol–water partition coefficient (Wildman–Crippen LogP) is 4.05. The lowest BCUT2D eigenvalue weighted by Crippen LogP contribution is -2.37. The van der Waals surface area contributed by atoms with Crippen molar-refractivity contribution >= 4 is 6.09 Å². The summed E-state index contributed by atoms with van der Waals surface area (Å²) >= 11 is 0. The van der Waals surface area contributed by atoms with Crippen LogP contribution in [0.2, 0.25) is 0 Å². The second-order valence-electron chi connectivity index (χ2n) is 6.26. The molecule has 1 amide bonds. The molecule has 0 spiro atoms. The zero-order valence-electron chi connectivity index (χ0n) is 14.0. The minimum Gasteiger partial charge on any atom is -0.447 e. The third kappa shape index (κ3) is 4.37. The van der Waals surface area contributed by atoms with Gasteiger partial charge in [-0.3, -0.25) is 4.90 Å². The first-order valence-corrected chi connectivity index (χ1v) is 8.57. The summed E-state index contributed by atoms with van der Waals surface area (Å²) in [7, 11) is 0. The van der Waals surface area contributed by atoms with E-state index < -0.39 is 12.3 Å². The molecule has 0 saturated carbocycles. The zero-order chi connectivity index (χ0) is 17.6. The Labute approximate surface area is 146 Å². The number of aliphatic hydroxyl groups is 1. The molecule has 1 N–H and O–H groups in total. The van der Waals surface area contributed by atoms with Crippen molar-refractivity contribution in [3.63, 3.8) is 0 Å². The summed E-state index contributed by atoms with van der Waals surface area (Å²) in [5.74, 6) is -0.237. The topological polar surface area (TPSA) is 49.8 Å². The van der Waals surface area contributed by atoms with Crippen molar-refractivity contribution in [2.45, 2.75) is 38.0 Å². The van der Waals surface area contributed by atoms with E-state index in [1.807, 2.05) is 30.3 Å². The summed E-state index contributed by atoms with van der Waals surface area (Å²) in [5, 5.41) is 10.5. The highest BCUT2D eigenvalue weighted by Crippen LogP contribution is 2.30. The number of carbonyl (C=O) groups is 1. The maximum absolute atomic E-state index is 12.9. The molecular formula is C20H22FNO3. The van der Waals surface area contributed by atoms with Crippen LogP contribution in [0.25, 0.3) is 0 Å². The van der Waals surface area contributed by atoms with E-state index in [-0.39, 0.29) is 18.5 Å². The van der Waals surface area contributed by atoms with Crippen molar-refractivity contribution in [2.24, 2.45) is 0 Å². The molecule has 0 bridgehead atoms. The van der Waals surface area contributed by atoms with Crippen molar-refractivity contribution in [2.75, 3.05) is 6.61 Å². The van der Waals surface area contributed by atoms with Crippen LogP contribution in [0.1, 0.15) is 36.4 Å². The number of amides is 1. The van der Waals surface area contributed by atoms with Crippen LogP contribution < -0.4 is 0 Å². The molecular weight excluding hydrogens is 321 g/mol. The number of cyclic esters (lactones) is 1. The van der Waals surface area contributed by atoms with Gasteiger partial charge in [0.15, 0.2) is 0 Å². The van der Waals surface area contributed by atoms with Crippen molar-refractivity contribution in [3.05, 3.63) is 71.5 Å². The number of aliphatic hydroxyl groups excluding tert-OH is 1. The first kappa shape index (κ1) is 17.4. The third-order valence-electron chi connectivity index (χ3n) is 4.51. The lowest BCUT2D eigenvalue weighted by molar-refractivity contribution is 0.0113. The van der Waals surface area contributed by atoms with E-state index >= 15 is 0 Å². The number of hydrogen-bond acceptors (Lipinski definition) is 3. The number of benzene rings is 2. The fourth-order valence-corrected chi connectivity index (χ4v) is 3.14. The van der Waals surface area contributed by atoms with Crippen LogP contribution in [-0.4, -0.2) is 28.9 Å². The Morgan fingerprint density at radius 2 is 1.84 bits per heavy atom. The number of nitrogens with zero attached hydrogens (tertiary/aromatic N) is 1. The van der Waals surface area contributed by atoms with Gasteiger partial charge in [-0.25, -0.2) is 9.18 Å². The van der Waals surface area contributed by atoms with Gasteiger partial charge < -0.3 is 9.84 Å². The summed E-state index contributed by atoms with van der Waals surface area (Å²) in [5.41, 5.74) is 2.03. The Bertz CT molecular complexity index is 690. The van der Waals surface area contributed by atoms with Crippen molar-refractivity contribution in [1.29, 1.82) is 0 Å². The van der Waals surface area contributed by atoms with E-state index in [0.717, 1.165) is 30.4 Å². The summed E-state index contributed by atoms with van der Waals surface area (Å²) in [6.45, 7) is 0.259. The summed E-state index contributed by atoms with van der Waals surface area (Å²) in [6.07, 6.45) is 1.60. The third-order valence-corrected chi connectivity index (χ3v) is 4.51. The minimum absolute atomic E-state index is 0.237. The van der Waals surface area contributed by atoms with Gasteiger partial charge in [0.05, 0.1) is 6.04 Å². The summed E-state index contributed by atoms with van der Waals surface area (Å²) in [4.78, 5) is 13.4. The molecule has 25 heavy (non-hydrogen) atoms. The van der Waals surface area contributed by atoms with E-state index in [0.29, 0.717) is 6.42 Å². The molecule has 2 aromatic rings. The Morgan fingerprint density at radius 3 is 2.56 bits per heavy atom. The van der Waals surface area contributed by atoms with E-state index in [2.05, 4.69) is 0 Å². The average Bonchev–Trinajstić information content (AvgIpc) is 3.02. The molecule has 0 radical (unpaired) electrons. The lowest BCUT2D eigenvalue weighted by atomic mass is 10.0. The number of ether oxygens (including phenoxy) is 1. The van der Waals surface area contributed by atoms with Crippen molar-refractivity contribution in [3.8, 4) is 0 Å². The number of rotatable bonds is 7. The second-order valence-corrected chi connectivity index (χ2v) is 6.26. The summed E-state index contributed by atoms with van der Waals surface area (Å²) < 4.78 is 18.0. The molecule has 4 nitrogen and oxygen atoms in total. The molecule has 2 aromatic carbocycles. The van der Waals surface area contributed by atoms with Gasteiger partial charge in [0.1, 0.15) is 18.7 Å². The summed E-state index contributed by atoms with van der Waals surface area (Å²) in [6, 6.07) is 15.8. The first-order chi connectivity index (χ1) is 12.1. The van der Waals surface area contributed by atoms with E-state index in [1.165, 1.54) is 17.0 Å². The van der Waals surface area contributed by atoms with Gasteiger partial charge in [0.2, 0.25) is 0 Å². The maximum atomic E-state index is 12.9. The van der Waals surface area contributed by atoms with Gasteiger partial charge in [0, 0.05) is 0 Å². The Kier molecular flexibility index (Phi) is 5.66. The van der Waals surface area contributed by atoms with E-state index in [9.17, 15) is 14.3 Å². The molecule has 1 heterocycles. The van der Waals surface area contributed by atoms with E-state index in [1.54, 1.807) is 12.1 Å². The van der Waals surface area contributed by atoms with Crippen LogP contribution in [0.4, 0.5) is 9.18 Å². The highest BCUT2D eigenvalue weighted by molar-refractivity contribution is 5.70. The molecule has 0 aromatic heterocycles. The van der Waals surface area contributed by atoms with Crippen LogP contribution in [0.3, 0.4) is 0 Å². The molecule has 1 saturated heterocycles. The molecule has 1 aliphatic rings. The fraction of sp³-hybridized carbons (Fsp3) is 0.350. The molecule has 5 heteroatoms. The van der Waals surface area contributed by atoms with Crippen molar-refractivity contribution in [1.82, 2.24) is 4.90 Å². The van der Waals surface area contributed by atoms with Crippen molar-refractivity contribution < 1.29 is 19.0 Å². The molecule has 2 atom stereocenters. The molecule has 1 fully saturated rings. The van der Waals surface area contributed by atoms with Crippen LogP contribution >= 0.6 is 0 Å². The average molecular weight is 343 g/mol. The molecule has 1 unspecified atom stereocenters. The standard InChI is InChI=1S/C20H22FNO3/c21-17-12-10-15(11-13-17)6-4-5-9-19(23)22-18(14-25-20(22)24)16-7-2-1-3-8-16/h1-3,7-8,10-13,18-19,23H,4-6,9,14H2/t18-,19?/m1/s1. The Hall–Kier alpha value is -2.40. The van der Waals surface area contributed by atoms with E-state index in [4.69, 9.17) is 4.74 Å². The highest BCUT2D eigenvalue weighted by atomic mass is 19.1. The van der Waals surface area contributed by atoms with Gasteiger partial charge in [-0.2, -0.15) is 0 Å². The fourth-order valence-electron chi connectivity index (χ4n) is 3.14. The highest BCUT2D eigenvalue weighted by Gasteiger charge is 2.38. The molecule has 1 aliphatic heterocycles. The SMILES string of the molecule is O=C1OC[C@H](c2ccccc2)N1C(O)CCCCc1ccc(F)cc1. The number of hydrogen-bond donors (Lipinski definition) is 1. The normalized spacial score (nSPS) is 18.2. The maximum Gasteiger partial charge on any atom is 0.412 e. The second kappa shape index (κ2) is 8.12. The Morgan fingerprint density at radius 1 is 1.12 bits per heavy atom. The quantitative estimate of drug-likeness (QED) is 0.772. The molecule has 132 valence electrons. The van der Waals surface area contributed by atoms with Gasteiger partial charge in [-0.1, -0.05) is 42.5 Å². The number of aryl methyl sites for hydroxylation is 1. The van der Waals surface area contributed by atoms with Crippen LogP contribution in [0.5, 0.6) is 0 Å². The molecule has 0 aliphatic carbocycles. The zero-order valence-corrected chi connectivity index (χ0v) is 14.0. The van der Waals surface area contributed by atoms with Crippen LogP contribution in [0, 0.1) is 5.82 Å². The molecule has 3 rings (SSSR count). The van der Waals surface area contributed by atoms with Gasteiger partial charge in [0.25, 0.3) is 0 Å². The largest absolute Gasteiger partial charge is 0.447 e. The first-order valence-electron chi connectivity index (χ1n) is 8.57. The van der Waals surface area contributed by atoms with Gasteiger partial charge in [-0.15, -0.1) is 0 Å². The smallest absolute Gasteiger partial charge is 0.412 e. The van der Waals surface area contributed by atoms with Crippen LogP contribution in [-0.2, 0) is 11.2 Å². The monoisotopic (exact) mass is 343 g/mol. The Balaban J connectivity index is 1.51. The number of carbonyl (C=O) groups excluding carboxylic acids is 1.